The number of esters is 1. The average Bonchev–Trinajstić information content (AvgIpc) is 3.00. The van der Waals surface area contributed by atoms with Gasteiger partial charge in [0.1, 0.15) is 0 Å². The van der Waals surface area contributed by atoms with E-state index in [1.54, 1.807) is 11.8 Å². The van der Waals surface area contributed by atoms with Gasteiger partial charge in [-0.25, -0.2) is 0 Å². The third-order valence-corrected chi connectivity index (χ3v) is 4.41. The maximum atomic E-state index is 12.6. The fourth-order valence-electron chi connectivity index (χ4n) is 3.04. The van der Waals surface area contributed by atoms with Crippen LogP contribution in [0.1, 0.15) is 23.6 Å². The number of amides is 1. The van der Waals surface area contributed by atoms with E-state index in [1.807, 2.05) is 55.5 Å². The molecule has 0 N–H and O–H groups in total. The number of benzene rings is 2. The fourth-order valence-corrected chi connectivity index (χ4v) is 3.04. The summed E-state index contributed by atoms with van der Waals surface area (Å²) in [6, 6.07) is 15.5. The Morgan fingerprint density at radius 2 is 1.83 bits per heavy atom. The smallest absolute Gasteiger partial charge is 0.311 e. The summed E-state index contributed by atoms with van der Waals surface area (Å²) in [6.07, 6.45) is 0.236. The summed E-state index contributed by atoms with van der Waals surface area (Å²) < 4.78 is 5.37. The van der Waals surface area contributed by atoms with E-state index in [0.717, 1.165) is 28.8 Å². The number of para-hydroxylation sites is 1. The van der Waals surface area contributed by atoms with Gasteiger partial charge >= 0.3 is 5.97 Å². The first-order chi connectivity index (χ1) is 11.6. The van der Waals surface area contributed by atoms with Crippen molar-refractivity contribution in [2.45, 2.75) is 32.8 Å². The molecule has 0 saturated heterocycles. The van der Waals surface area contributed by atoms with Crippen LogP contribution in [0.4, 0.5) is 5.69 Å². The number of rotatable bonds is 4. The summed E-state index contributed by atoms with van der Waals surface area (Å²) in [6.45, 7) is 4.23. The standard InChI is InChI=1S/C20H21NO3/c1-14-7-3-4-9-17(14)13-19(22)24-15(2)20(23)21-12-11-16-8-5-6-10-18(16)21/h3-10,15H,11-13H2,1-2H3. The third-order valence-electron chi connectivity index (χ3n) is 4.41. The van der Waals surface area contributed by atoms with Crippen LogP contribution >= 0.6 is 0 Å². The van der Waals surface area contributed by atoms with Crippen LogP contribution < -0.4 is 4.90 Å². The molecule has 1 aliphatic rings. The molecule has 124 valence electrons. The highest BCUT2D eigenvalue weighted by Crippen LogP contribution is 2.28. The lowest BCUT2D eigenvalue weighted by Gasteiger charge is -2.21. The molecule has 0 fully saturated rings. The monoisotopic (exact) mass is 323 g/mol. The topological polar surface area (TPSA) is 46.6 Å². The van der Waals surface area contributed by atoms with E-state index in [0.29, 0.717) is 6.54 Å². The zero-order chi connectivity index (χ0) is 17.1. The Morgan fingerprint density at radius 3 is 2.62 bits per heavy atom. The van der Waals surface area contributed by atoms with Gasteiger partial charge in [0.05, 0.1) is 6.42 Å². The first-order valence-corrected chi connectivity index (χ1v) is 8.19. The molecule has 0 radical (unpaired) electrons. The second kappa shape index (κ2) is 6.87. The number of carbonyl (C=O) groups excluding carboxylic acids is 2. The molecular weight excluding hydrogens is 302 g/mol. The molecule has 4 heteroatoms. The molecule has 2 aromatic rings. The molecule has 1 unspecified atom stereocenters. The predicted octanol–water partition coefficient (Wildman–Crippen LogP) is 3.06. The van der Waals surface area contributed by atoms with Gasteiger partial charge in [0.15, 0.2) is 6.10 Å². The van der Waals surface area contributed by atoms with Crippen LogP contribution in [-0.4, -0.2) is 24.5 Å². The molecule has 4 nitrogen and oxygen atoms in total. The number of nitrogens with zero attached hydrogens (tertiary/aromatic N) is 1. The third kappa shape index (κ3) is 3.32. The molecule has 1 atom stereocenters. The zero-order valence-electron chi connectivity index (χ0n) is 14.0. The minimum absolute atomic E-state index is 0.168. The highest BCUT2D eigenvalue weighted by atomic mass is 16.5. The summed E-state index contributed by atoms with van der Waals surface area (Å²) in [5.74, 6) is -0.546. The second-order valence-corrected chi connectivity index (χ2v) is 6.10. The van der Waals surface area contributed by atoms with Gasteiger partial charge in [0.2, 0.25) is 0 Å². The van der Waals surface area contributed by atoms with Crippen molar-refractivity contribution in [2.75, 3.05) is 11.4 Å². The number of anilines is 1. The van der Waals surface area contributed by atoms with Crippen molar-refractivity contribution in [1.82, 2.24) is 0 Å². The van der Waals surface area contributed by atoms with Crippen LogP contribution in [0.3, 0.4) is 0 Å². The van der Waals surface area contributed by atoms with Crippen molar-refractivity contribution in [3.63, 3.8) is 0 Å². The van der Waals surface area contributed by atoms with Gasteiger partial charge in [-0.05, 0) is 43.0 Å². The SMILES string of the molecule is Cc1ccccc1CC(=O)OC(C)C(=O)N1CCc2ccccc21. The Hall–Kier alpha value is -2.62. The van der Waals surface area contributed by atoms with Gasteiger partial charge in [-0.1, -0.05) is 42.5 Å². The van der Waals surface area contributed by atoms with Gasteiger partial charge < -0.3 is 9.64 Å². The highest BCUT2D eigenvalue weighted by molar-refractivity contribution is 5.99. The number of aryl methyl sites for hydroxylation is 1. The van der Waals surface area contributed by atoms with Crippen molar-refractivity contribution in [2.24, 2.45) is 0 Å². The Kier molecular flexibility index (Phi) is 4.65. The first-order valence-electron chi connectivity index (χ1n) is 8.19. The zero-order valence-corrected chi connectivity index (χ0v) is 14.0. The van der Waals surface area contributed by atoms with Crippen molar-refractivity contribution in [3.8, 4) is 0 Å². The minimum atomic E-state index is -0.785. The Balaban J connectivity index is 1.63. The lowest BCUT2D eigenvalue weighted by Crippen LogP contribution is -2.39. The Bertz CT molecular complexity index is 769. The van der Waals surface area contributed by atoms with Gasteiger partial charge in [-0.2, -0.15) is 0 Å². The van der Waals surface area contributed by atoms with Gasteiger partial charge in [-0.15, -0.1) is 0 Å². The van der Waals surface area contributed by atoms with Crippen LogP contribution in [0.15, 0.2) is 48.5 Å². The molecule has 0 aliphatic carbocycles. The van der Waals surface area contributed by atoms with E-state index in [4.69, 9.17) is 4.74 Å². The molecular formula is C20H21NO3. The Labute approximate surface area is 142 Å². The van der Waals surface area contributed by atoms with Crippen molar-refractivity contribution in [1.29, 1.82) is 0 Å². The molecule has 0 aromatic heterocycles. The summed E-state index contributed by atoms with van der Waals surface area (Å²) >= 11 is 0. The molecule has 0 bridgehead atoms. The summed E-state index contributed by atoms with van der Waals surface area (Å²) in [7, 11) is 0. The molecule has 3 rings (SSSR count). The summed E-state index contributed by atoms with van der Waals surface area (Å²) in [4.78, 5) is 26.5. The molecule has 0 saturated carbocycles. The normalized spacial score (nSPS) is 14.2. The van der Waals surface area contributed by atoms with Crippen molar-refractivity contribution < 1.29 is 14.3 Å². The Morgan fingerprint density at radius 1 is 1.12 bits per heavy atom. The molecule has 1 amide bonds. The van der Waals surface area contributed by atoms with Crippen molar-refractivity contribution in [3.05, 3.63) is 65.2 Å². The number of carbonyl (C=O) groups is 2. The van der Waals surface area contributed by atoms with E-state index in [-0.39, 0.29) is 18.3 Å². The van der Waals surface area contributed by atoms with E-state index in [1.165, 1.54) is 0 Å². The second-order valence-electron chi connectivity index (χ2n) is 6.10. The first kappa shape index (κ1) is 16.2. The van der Waals surface area contributed by atoms with Crippen LogP contribution in [0.2, 0.25) is 0 Å². The number of hydrogen-bond acceptors (Lipinski definition) is 3. The van der Waals surface area contributed by atoms with Crippen LogP contribution in [-0.2, 0) is 27.2 Å². The number of ether oxygens (including phenoxy) is 1. The minimum Gasteiger partial charge on any atom is -0.452 e. The maximum absolute atomic E-state index is 12.6. The van der Waals surface area contributed by atoms with E-state index in [9.17, 15) is 9.59 Å². The van der Waals surface area contributed by atoms with Gasteiger partial charge in [0, 0.05) is 12.2 Å². The molecule has 24 heavy (non-hydrogen) atoms. The van der Waals surface area contributed by atoms with Crippen LogP contribution in [0, 0.1) is 6.92 Å². The number of fused-ring (bicyclic) bond motifs is 1. The molecule has 1 aliphatic heterocycles. The lowest BCUT2D eigenvalue weighted by molar-refractivity contribution is -0.153. The maximum Gasteiger partial charge on any atom is 0.311 e. The highest BCUT2D eigenvalue weighted by Gasteiger charge is 2.29. The van der Waals surface area contributed by atoms with Gasteiger partial charge in [-0.3, -0.25) is 9.59 Å². The molecule has 0 spiro atoms. The summed E-state index contributed by atoms with van der Waals surface area (Å²) in [5.41, 5.74) is 4.05. The summed E-state index contributed by atoms with van der Waals surface area (Å²) in [5, 5.41) is 0. The molecule has 1 heterocycles. The van der Waals surface area contributed by atoms with E-state index in [2.05, 4.69) is 0 Å². The van der Waals surface area contributed by atoms with Gasteiger partial charge in [0.25, 0.3) is 5.91 Å². The largest absolute Gasteiger partial charge is 0.452 e. The molecule has 2 aromatic carbocycles. The lowest BCUT2D eigenvalue weighted by atomic mass is 10.1. The van der Waals surface area contributed by atoms with Crippen LogP contribution in [0.25, 0.3) is 0 Å². The fraction of sp³-hybridized carbons (Fsp3) is 0.300. The quantitative estimate of drug-likeness (QED) is 0.813. The van der Waals surface area contributed by atoms with E-state index < -0.39 is 6.10 Å². The average molecular weight is 323 g/mol. The number of hydrogen-bond donors (Lipinski definition) is 0. The van der Waals surface area contributed by atoms with Crippen molar-refractivity contribution >= 4 is 17.6 Å². The van der Waals surface area contributed by atoms with Crippen LogP contribution in [0.5, 0.6) is 0 Å². The van der Waals surface area contributed by atoms with E-state index >= 15 is 0 Å². The predicted molar refractivity (Wildman–Crippen MR) is 92.9 cm³/mol.